The molecular formula is C21H19ClN4O3S. The summed E-state index contributed by atoms with van der Waals surface area (Å²) < 4.78 is 7.37. The maximum absolute atomic E-state index is 11.3. The van der Waals surface area contributed by atoms with E-state index in [2.05, 4.69) is 5.10 Å². The van der Waals surface area contributed by atoms with E-state index in [4.69, 9.17) is 21.3 Å². The van der Waals surface area contributed by atoms with Crippen molar-refractivity contribution >= 4 is 34.8 Å². The molecule has 1 saturated heterocycles. The second kappa shape index (κ2) is 9.34. The smallest absolute Gasteiger partial charge is 0.278 e. The Labute approximate surface area is 182 Å². The fourth-order valence-electron chi connectivity index (χ4n) is 3.19. The van der Waals surface area contributed by atoms with Gasteiger partial charge in [-0.05, 0) is 31.0 Å². The highest BCUT2D eigenvalue weighted by Gasteiger charge is 2.15. The van der Waals surface area contributed by atoms with Crippen LogP contribution in [-0.4, -0.2) is 35.1 Å². The lowest BCUT2D eigenvalue weighted by Gasteiger charge is -2.06. The zero-order chi connectivity index (χ0) is 20.9. The highest BCUT2D eigenvalue weighted by molar-refractivity contribution is 7.07. The van der Waals surface area contributed by atoms with Crippen molar-refractivity contribution in [3.05, 3.63) is 79.4 Å². The van der Waals surface area contributed by atoms with Crippen LogP contribution in [0.15, 0.2) is 64.0 Å². The van der Waals surface area contributed by atoms with Gasteiger partial charge in [0.25, 0.3) is 5.69 Å². The lowest BCUT2D eigenvalue weighted by atomic mass is 10.2. The van der Waals surface area contributed by atoms with Gasteiger partial charge < -0.3 is 4.74 Å². The highest BCUT2D eigenvalue weighted by Crippen LogP contribution is 2.23. The Morgan fingerprint density at radius 3 is 2.80 bits per heavy atom. The molecule has 0 aliphatic carbocycles. The molecule has 1 unspecified atom stereocenters. The summed E-state index contributed by atoms with van der Waals surface area (Å²) in [6.07, 6.45) is 3.67. The van der Waals surface area contributed by atoms with Gasteiger partial charge in [-0.1, -0.05) is 35.9 Å². The van der Waals surface area contributed by atoms with Crippen LogP contribution in [0.25, 0.3) is 11.3 Å². The third-order valence-electron chi connectivity index (χ3n) is 4.73. The number of thiazole rings is 1. The Hall–Kier alpha value is -2.81. The first-order valence-electron chi connectivity index (χ1n) is 9.48. The molecule has 0 bridgehead atoms. The number of nitro groups is 1. The van der Waals surface area contributed by atoms with Crippen molar-refractivity contribution in [1.29, 1.82) is 0 Å². The van der Waals surface area contributed by atoms with E-state index in [-0.39, 0.29) is 11.8 Å². The van der Waals surface area contributed by atoms with E-state index in [0.717, 1.165) is 30.7 Å². The predicted octanol–water partition coefficient (Wildman–Crippen LogP) is 4.74. The SMILES string of the molecule is O=[N+]([O-])c1ccccc1/C=N/n1c(-c2ccc(Cl)cc2)csc1=NCC1CCCO1. The molecule has 9 heteroatoms. The van der Waals surface area contributed by atoms with Gasteiger partial charge in [-0.15, -0.1) is 11.3 Å². The van der Waals surface area contributed by atoms with Gasteiger partial charge >= 0.3 is 0 Å². The molecule has 1 atom stereocenters. The van der Waals surface area contributed by atoms with Gasteiger partial charge in [0.2, 0.25) is 4.80 Å². The van der Waals surface area contributed by atoms with Gasteiger partial charge in [0, 0.05) is 28.6 Å². The molecule has 3 aromatic rings. The summed E-state index contributed by atoms with van der Waals surface area (Å²) in [5.41, 5.74) is 2.18. The maximum Gasteiger partial charge on any atom is 0.278 e. The van der Waals surface area contributed by atoms with Gasteiger partial charge in [0.05, 0.1) is 35.0 Å². The van der Waals surface area contributed by atoms with Crippen LogP contribution in [0.1, 0.15) is 18.4 Å². The monoisotopic (exact) mass is 442 g/mol. The van der Waals surface area contributed by atoms with Crippen LogP contribution in [0.2, 0.25) is 5.02 Å². The second-order valence-electron chi connectivity index (χ2n) is 6.76. The molecule has 0 spiro atoms. The lowest BCUT2D eigenvalue weighted by Crippen LogP contribution is -2.17. The summed E-state index contributed by atoms with van der Waals surface area (Å²) >= 11 is 7.49. The molecule has 1 aromatic heterocycles. The zero-order valence-electron chi connectivity index (χ0n) is 16.0. The average molecular weight is 443 g/mol. The summed E-state index contributed by atoms with van der Waals surface area (Å²) in [7, 11) is 0. The van der Waals surface area contributed by atoms with Crippen molar-refractivity contribution in [1.82, 2.24) is 4.68 Å². The van der Waals surface area contributed by atoms with Crippen LogP contribution in [0.5, 0.6) is 0 Å². The minimum Gasteiger partial charge on any atom is -0.376 e. The second-order valence-corrected chi connectivity index (χ2v) is 8.03. The predicted molar refractivity (Wildman–Crippen MR) is 118 cm³/mol. The fraction of sp³-hybridized carbons (Fsp3) is 0.238. The first-order valence-corrected chi connectivity index (χ1v) is 10.7. The van der Waals surface area contributed by atoms with Crippen molar-refractivity contribution in [2.75, 3.05) is 13.2 Å². The molecule has 7 nitrogen and oxygen atoms in total. The number of aromatic nitrogens is 1. The Balaban J connectivity index is 1.75. The molecule has 0 radical (unpaired) electrons. The summed E-state index contributed by atoms with van der Waals surface area (Å²) in [6, 6.07) is 13.9. The molecule has 30 heavy (non-hydrogen) atoms. The van der Waals surface area contributed by atoms with Crippen LogP contribution in [0.3, 0.4) is 0 Å². The number of ether oxygens (including phenoxy) is 1. The van der Waals surface area contributed by atoms with E-state index in [9.17, 15) is 10.1 Å². The summed E-state index contributed by atoms with van der Waals surface area (Å²) in [5.74, 6) is 0. The van der Waals surface area contributed by atoms with Crippen molar-refractivity contribution in [3.8, 4) is 11.3 Å². The molecule has 0 N–H and O–H groups in total. The Morgan fingerprint density at radius 2 is 2.07 bits per heavy atom. The number of para-hydroxylation sites is 1. The number of hydrogen-bond donors (Lipinski definition) is 0. The van der Waals surface area contributed by atoms with Gasteiger partial charge in [0.1, 0.15) is 0 Å². The molecule has 154 valence electrons. The normalized spacial score (nSPS) is 17.1. The van der Waals surface area contributed by atoms with Gasteiger partial charge in [0.15, 0.2) is 0 Å². The van der Waals surface area contributed by atoms with Crippen LogP contribution >= 0.6 is 22.9 Å². The van der Waals surface area contributed by atoms with Crippen molar-refractivity contribution < 1.29 is 9.66 Å². The largest absolute Gasteiger partial charge is 0.376 e. The number of halogens is 1. The third kappa shape index (κ3) is 4.67. The standard InChI is InChI=1S/C21H19ClN4O3S/c22-17-9-7-15(8-10-17)20-14-30-21(23-13-18-5-3-11-29-18)25(20)24-12-16-4-1-2-6-19(16)26(27)28/h1-2,4,6-10,12,14,18H,3,5,11,13H2/b23-21?,24-12+. The van der Waals surface area contributed by atoms with Crippen molar-refractivity contribution in [2.24, 2.45) is 10.1 Å². The van der Waals surface area contributed by atoms with E-state index in [1.165, 1.54) is 23.6 Å². The number of nitro benzene ring substituents is 1. The summed E-state index contributed by atoms with van der Waals surface area (Å²) in [6.45, 7) is 1.33. The molecule has 1 fully saturated rings. The minimum absolute atomic E-state index is 0.00275. The van der Waals surface area contributed by atoms with E-state index in [0.29, 0.717) is 21.9 Å². The van der Waals surface area contributed by atoms with Gasteiger partial charge in [-0.3, -0.25) is 15.1 Å². The fourth-order valence-corrected chi connectivity index (χ4v) is 4.16. The molecule has 0 saturated carbocycles. The van der Waals surface area contributed by atoms with E-state index < -0.39 is 4.92 Å². The molecule has 0 amide bonds. The number of nitrogens with zero attached hydrogens (tertiary/aromatic N) is 4. The molecule has 2 heterocycles. The Bertz CT molecular complexity index is 1130. The molecule has 1 aliphatic rings. The number of benzene rings is 2. The first kappa shape index (κ1) is 20.5. The number of hydrogen-bond acceptors (Lipinski definition) is 6. The highest BCUT2D eigenvalue weighted by atomic mass is 35.5. The molecule has 1 aliphatic heterocycles. The molecule has 4 rings (SSSR count). The molecular weight excluding hydrogens is 424 g/mol. The molecule has 2 aromatic carbocycles. The maximum atomic E-state index is 11.3. The Kier molecular flexibility index (Phi) is 6.37. The summed E-state index contributed by atoms with van der Waals surface area (Å²) in [5, 5.41) is 18.5. The third-order valence-corrected chi connectivity index (χ3v) is 5.83. The van der Waals surface area contributed by atoms with E-state index in [1.807, 2.05) is 29.6 Å². The first-order chi connectivity index (χ1) is 14.6. The lowest BCUT2D eigenvalue weighted by molar-refractivity contribution is -0.385. The van der Waals surface area contributed by atoms with Gasteiger partial charge in [-0.25, -0.2) is 4.68 Å². The van der Waals surface area contributed by atoms with Gasteiger partial charge in [-0.2, -0.15) is 5.10 Å². The topological polar surface area (TPSA) is 82.0 Å². The van der Waals surface area contributed by atoms with Crippen LogP contribution in [0.4, 0.5) is 5.69 Å². The minimum atomic E-state index is -0.414. The van der Waals surface area contributed by atoms with E-state index >= 15 is 0 Å². The summed E-state index contributed by atoms with van der Waals surface area (Å²) in [4.78, 5) is 16.3. The van der Waals surface area contributed by atoms with Crippen LogP contribution < -0.4 is 4.80 Å². The average Bonchev–Trinajstić information content (AvgIpc) is 3.41. The number of rotatable bonds is 6. The van der Waals surface area contributed by atoms with Crippen LogP contribution in [-0.2, 0) is 4.74 Å². The van der Waals surface area contributed by atoms with Crippen molar-refractivity contribution in [2.45, 2.75) is 18.9 Å². The zero-order valence-corrected chi connectivity index (χ0v) is 17.6. The van der Waals surface area contributed by atoms with Crippen LogP contribution in [0, 0.1) is 10.1 Å². The Morgan fingerprint density at radius 1 is 1.27 bits per heavy atom. The quantitative estimate of drug-likeness (QED) is 0.314. The van der Waals surface area contributed by atoms with E-state index in [1.54, 1.807) is 22.9 Å². The van der Waals surface area contributed by atoms with Crippen molar-refractivity contribution in [3.63, 3.8) is 0 Å².